The van der Waals surface area contributed by atoms with Crippen molar-refractivity contribution in [2.45, 2.75) is 6.92 Å². The van der Waals surface area contributed by atoms with Crippen LogP contribution in [0.5, 0.6) is 11.5 Å². The van der Waals surface area contributed by atoms with E-state index in [1.165, 1.54) is 25.3 Å². The highest BCUT2D eigenvalue weighted by atomic mass is 35.5. The summed E-state index contributed by atoms with van der Waals surface area (Å²) in [4.78, 5) is 23.5. The van der Waals surface area contributed by atoms with Crippen LogP contribution in [0, 0.1) is 6.92 Å². The Balaban J connectivity index is 2.18. The number of carbonyl (C=O) groups excluding carboxylic acids is 1. The minimum absolute atomic E-state index is 0.0570. The first kappa shape index (κ1) is 19.5. The van der Waals surface area contributed by atoms with Crippen LogP contribution in [-0.4, -0.2) is 34.3 Å². The van der Waals surface area contributed by atoms with Crippen molar-refractivity contribution in [3.8, 4) is 11.5 Å². The molecule has 0 aliphatic heterocycles. The largest absolute Gasteiger partial charge is 0.507 e. The van der Waals surface area contributed by atoms with Crippen molar-refractivity contribution >= 4 is 46.5 Å². The molecule has 2 rings (SSSR count). The third kappa shape index (κ3) is 4.41. The molecule has 0 unspecified atom stereocenters. The highest BCUT2D eigenvalue weighted by Crippen LogP contribution is 2.27. The number of anilines is 1. The van der Waals surface area contributed by atoms with E-state index in [2.05, 4.69) is 10.6 Å². The number of phenols is 1. The van der Waals surface area contributed by atoms with Gasteiger partial charge in [0.1, 0.15) is 17.1 Å². The van der Waals surface area contributed by atoms with Crippen LogP contribution in [0.25, 0.3) is 0 Å². The molecule has 0 aromatic heterocycles. The Morgan fingerprint density at radius 2 is 1.88 bits per heavy atom. The molecule has 1 amide bonds. The van der Waals surface area contributed by atoms with Crippen LogP contribution in [0.1, 0.15) is 26.3 Å². The van der Waals surface area contributed by atoms with Crippen molar-refractivity contribution in [2.75, 3.05) is 12.4 Å². The number of benzene rings is 2. The van der Waals surface area contributed by atoms with Gasteiger partial charge in [-0.3, -0.25) is 10.1 Å². The summed E-state index contributed by atoms with van der Waals surface area (Å²) < 4.78 is 5.12. The summed E-state index contributed by atoms with van der Waals surface area (Å²) in [5, 5.41) is 24.3. The van der Waals surface area contributed by atoms with Gasteiger partial charge < -0.3 is 20.3 Å². The number of halogens is 1. The van der Waals surface area contributed by atoms with Gasteiger partial charge in [0.2, 0.25) is 0 Å². The number of aromatic hydroxyl groups is 1. The molecule has 0 spiro atoms. The van der Waals surface area contributed by atoms with E-state index in [0.29, 0.717) is 22.0 Å². The summed E-state index contributed by atoms with van der Waals surface area (Å²) in [6.45, 7) is 1.55. The molecule has 0 aliphatic carbocycles. The first-order valence-corrected chi connectivity index (χ1v) is 8.04. The van der Waals surface area contributed by atoms with Crippen LogP contribution in [0.15, 0.2) is 30.3 Å². The van der Waals surface area contributed by atoms with Crippen LogP contribution in [0.4, 0.5) is 5.69 Å². The number of ether oxygens (including phenoxy) is 1. The molecule has 0 atom stereocenters. The zero-order valence-corrected chi connectivity index (χ0v) is 15.4. The lowest BCUT2D eigenvalue weighted by atomic mass is 10.1. The molecule has 7 nitrogen and oxygen atoms in total. The molecule has 26 heavy (non-hydrogen) atoms. The first-order chi connectivity index (χ1) is 12.2. The molecule has 0 fully saturated rings. The van der Waals surface area contributed by atoms with Gasteiger partial charge in [0, 0.05) is 10.7 Å². The van der Waals surface area contributed by atoms with Crippen molar-refractivity contribution in [3.05, 3.63) is 52.0 Å². The molecule has 9 heteroatoms. The number of aryl methyl sites for hydroxylation is 1. The summed E-state index contributed by atoms with van der Waals surface area (Å²) in [5.41, 5.74) is 0.564. The lowest BCUT2D eigenvalue weighted by molar-refractivity contribution is 0.0693. The lowest BCUT2D eigenvalue weighted by Gasteiger charge is -2.13. The summed E-state index contributed by atoms with van der Waals surface area (Å²) >= 11 is 11.0. The van der Waals surface area contributed by atoms with Gasteiger partial charge in [-0.15, -0.1) is 0 Å². The maximum Gasteiger partial charge on any atom is 0.339 e. The van der Waals surface area contributed by atoms with Crippen molar-refractivity contribution in [1.29, 1.82) is 0 Å². The Morgan fingerprint density at radius 1 is 1.19 bits per heavy atom. The predicted octanol–water partition coefficient (Wildman–Crippen LogP) is 3.19. The number of hydrogen-bond donors (Lipinski definition) is 4. The van der Waals surface area contributed by atoms with Gasteiger partial charge in [-0.2, -0.15) is 0 Å². The zero-order valence-electron chi connectivity index (χ0n) is 13.8. The summed E-state index contributed by atoms with van der Waals surface area (Å²) in [5.74, 6) is -1.84. The van der Waals surface area contributed by atoms with Crippen molar-refractivity contribution in [1.82, 2.24) is 5.32 Å². The Kier molecular flexibility index (Phi) is 6.01. The number of carboxylic acids is 1. The normalized spacial score (nSPS) is 10.1. The minimum Gasteiger partial charge on any atom is -0.507 e. The number of carboxylic acid groups (broad SMARTS) is 1. The van der Waals surface area contributed by atoms with Crippen LogP contribution in [0.2, 0.25) is 5.02 Å². The van der Waals surface area contributed by atoms with Gasteiger partial charge in [0.15, 0.2) is 5.11 Å². The highest BCUT2D eigenvalue weighted by Gasteiger charge is 2.16. The molecule has 2 aromatic carbocycles. The molecule has 0 heterocycles. The average molecular weight is 395 g/mol. The van der Waals surface area contributed by atoms with Crippen molar-refractivity contribution in [2.24, 2.45) is 0 Å². The Hall–Kier alpha value is -2.84. The quantitative estimate of drug-likeness (QED) is 0.466. The maximum atomic E-state index is 12.4. The van der Waals surface area contributed by atoms with E-state index in [-0.39, 0.29) is 22.0 Å². The Morgan fingerprint density at radius 3 is 2.50 bits per heavy atom. The second kappa shape index (κ2) is 8.03. The summed E-state index contributed by atoms with van der Waals surface area (Å²) in [6, 6.07) is 7.28. The monoisotopic (exact) mass is 394 g/mol. The third-order valence-electron chi connectivity index (χ3n) is 3.42. The molecule has 0 saturated carbocycles. The highest BCUT2D eigenvalue weighted by molar-refractivity contribution is 7.80. The number of rotatable bonds is 4. The molecule has 4 N–H and O–H groups in total. The van der Waals surface area contributed by atoms with Gasteiger partial charge in [-0.25, -0.2) is 4.79 Å². The molecule has 136 valence electrons. The second-order valence-corrected chi connectivity index (χ2v) is 6.09. The van der Waals surface area contributed by atoms with Crippen LogP contribution < -0.4 is 15.4 Å². The number of carbonyl (C=O) groups is 2. The number of aromatic carboxylic acids is 1. The SMILES string of the molecule is COc1ccc(Cl)cc1C(=O)NC(=S)Nc1cc(C)c(O)c(C(=O)O)c1. The Bertz CT molecular complexity index is 901. The molecule has 0 saturated heterocycles. The molecule has 0 radical (unpaired) electrons. The van der Waals surface area contributed by atoms with Crippen molar-refractivity contribution in [3.63, 3.8) is 0 Å². The predicted molar refractivity (Wildman–Crippen MR) is 101 cm³/mol. The maximum absolute atomic E-state index is 12.4. The van der Waals surface area contributed by atoms with E-state index in [1.54, 1.807) is 19.1 Å². The van der Waals surface area contributed by atoms with E-state index in [0.717, 1.165) is 0 Å². The van der Waals surface area contributed by atoms with Crippen molar-refractivity contribution < 1.29 is 24.5 Å². The standard InChI is InChI=1S/C17H15ClN2O5S/c1-8-5-10(7-12(14(8)21)16(23)24)19-17(26)20-15(22)11-6-9(18)3-4-13(11)25-2/h3-7,21H,1-2H3,(H,23,24)(H2,19,20,22,26). The molecular weight excluding hydrogens is 380 g/mol. The topological polar surface area (TPSA) is 108 Å². The van der Waals surface area contributed by atoms with Crippen LogP contribution in [-0.2, 0) is 0 Å². The van der Waals surface area contributed by atoms with Gasteiger partial charge in [-0.1, -0.05) is 11.6 Å². The smallest absolute Gasteiger partial charge is 0.339 e. The lowest BCUT2D eigenvalue weighted by Crippen LogP contribution is -2.34. The van der Waals surface area contributed by atoms with E-state index in [4.69, 9.17) is 33.7 Å². The van der Waals surface area contributed by atoms with Gasteiger partial charge in [0.05, 0.1) is 12.7 Å². The minimum atomic E-state index is -1.28. The van der Waals surface area contributed by atoms with Gasteiger partial charge in [0.25, 0.3) is 5.91 Å². The van der Waals surface area contributed by atoms with E-state index in [9.17, 15) is 14.7 Å². The van der Waals surface area contributed by atoms with Crippen LogP contribution >= 0.6 is 23.8 Å². The number of nitrogens with one attached hydrogen (secondary N) is 2. The molecular formula is C17H15ClN2O5S. The number of hydrogen-bond acceptors (Lipinski definition) is 5. The van der Waals surface area contributed by atoms with Gasteiger partial charge >= 0.3 is 5.97 Å². The van der Waals surface area contributed by atoms with E-state index in [1.807, 2.05) is 0 Å². The fourth-order valence-corrected chi connectivity index (χ4v) is 2.59. The third-order valence-corrected chi connectivity index (χ3v) is 3.86. The first-order valence-electron chi connectivity index (χ1n) is 7.25. The van der Waals surface area contributed by atoms with E-state index >= 15 is 0 Å². The Labute approximate surface area is 159 Å². The van der Waals surface area contributed by atoms with Crippen LogP contribution in [0.3, 0.4) is 0 Å². The summed E-state index contributed by atoms with van der Waals surface area (Å²) in [7, 11) is 1.42. The zero-order chi connectivity index (χ0) is 19.4. The summed E-state index contributed by atoms with van der Waals surface area (Å²) in [6.07, 6.45) is 0. The average Bonchev–Trinajstić information content (AvgIpc) is 2.57. The fourth-order valence-electron chi connectivity index (χ4n) is 2.21. The van der Waals surface area contributed by atoms with E-state index < -0.39 is 11.9 Å². The molecule has 0 aliphatic rings. The second-order valence-electron chi connectivity index (χ2n) is 5.25. The molecule has 0 bridgehead atoms. The number of methoxy groups -OCH3 is 1. The number of thiocarbonyl (C=S) groups is 1. The number of amides is 1. The van der Waals surface area contributed by atoms with Gasteiger partial charge in [-0.05, 0) is 55.0 Å². The molecule has 2 aromatic rings. The fraction of sp³-hybridized carbons (Fsp3) is 0.118.